The van der Waals surface area contributed by atoms with Crippen LogP contribution in [0.3, 0.4) is 0 Å². The molecule has 2 aromatic carbocycles. The van der Waals surface area contributed by atoms with Crippen LogP contribution >= 0.6 is 7.60 Å². The Labute approximate surface area is 152 Å². The van der Waals surface area contributed by atoms with Gasteiger partial charge < -0.3 is 13.9 Å². The van der Waals surface area contributed by atoms with Crippen molar-refractivity contribution in [3.05, 3.63) is 77.8 Å². The third-order valence-electron chi connectivity index (χ3n) is 4.08. The van der Waals surface area contributed by atoms with Gasteiger partial charge in [-0.05, 0) is 12.1 Å². The van der Waals surface area contributed by atoms with Crippen molar-refractivity contribution in [3.63, 3.8) is 0 Å². The van der Waals surface area contributed by atoms with Gasteiger partial charge in [0.05, 0.1) is 11.5 Å². The van der Waals surface area contributed by atoms with Gasteiger partial charge in [-0.2, -0.15) is 5.06 Å². The second-order valence-corrected chi connectivity index (χ2v) is 7.77. The third-order valence-corrected chi connectivity index (χ3v) is 5.70. The van der Waals surface area contributed by atoms with E-state index in [1.54, 1.807) is 12.1 Å². The number of para-hydroxylation sites is 1. The van der Waals surface area contributed by atoms with Gasteiger partial charge in [0.2, 0.25) is 0 Å². The SMILES string of the molecule is COP(=O)(C=C1CC(C(=O)c2ccccc2)N(c2ccccc2)O1)OC. The highest BCUT2D eigenvalue weighted by atomic mass is 31.2. The summed E-state index contributed by atoms with van der Waals surface area (Å²) >= 11 is 0. The molecule has 0 aromatic heterocycles. The number of benzene rings is 2. The standard InChI is InChI=1S/C19H20NO5P/c1-23-26(22,24-2)14-17-13-18(19(21)15-9-5-3-6-10-15)20(25-17)16-11-7-4-8-12-16/h3-12,14,18H,13H2,1-2H3. The second kappa shape index (κ2) is 7.87. The quantitative estimate of drug-likeness (QED) is 0.552. The minimum atomic E-state index is -3.40. The minimum absolute atomic E-state index is 0.0810. The van der Waals surface area contributed by atoms with Gasteiger partial charge in [-0.15, -0.1) is 0 Å². The van der Waals surface area contributed by atoms with Crippen LogP contribution in [0.25, 0.3) is 0 Å². The van der Waals surface area contributed by atoms with Gasteiger partial charge in [0.15, 0.2) is 5.78 Å². The topological polar surface area (TPSA) is 65.1 Å². The molecule has 1 saturated heterocycles. The molecule has 7 heteroatoms. The Kier molecular flexibility index (Phi) is 5.57. The van der Waals surface area contributed by atoms with E-state index in [1.807, 2.05) is 48.5 Å². The lowest BCUT2D eigenvalue weighted by Crippen LogP contribution is -2.35. The Morgan fingerprint density at radius 3 is 2.23 bits per heavy atom. The first-order valence-corrected chi connectivity index (χ1v) is 9.72. The first kappa shape index (κ1) is 18.4. The normalized spacial score (nSPS) is 18.8. The molecule has 26 heavy (non-hydrogen) atoms. The molecule has 0 spiro atoms. The zero-order valence-electron chi connectivity index (χ0n) is 14.6. The molecule has 0 saturated carbocycles. The van der Waals surface area contributed by atoms with E-state index in [9.17, 15) is 9.36 Å². The van der Waals surface area contributed by atoms with Gasteiger partial charge in [-0.1, -0.05) is 48.5 Å². The van der Waals surface area contributed by atoms with Crippen LogP contribution in [0.5, 0.6) is 0 Å². The predicted octanol–water partition coefficient (Wildman–Crippen LogP) is 4.41. The summed E-state index contributed by atoms with van der Waals surface area (Å²) in [4.78, 5) is 18.8. The lowest BCUT2D eigenvalue weighted by Gasteiger charge is -2.23. The summed E-state index contributed by atoms with van der Waals surface area (Å²) in [6.07, 6.45) is 0.263. The molecule has 1 fully saturated rings. The number of hydrogen-bond donors (Lipinski definition) is 0. The number of rotatable bonds is 6. The largest absolute Gasteiger partial charge is 0.383 e. The van der Waals surface area contributed by atoms with Gasteiger partial charge in [0.1, 0.15) is 11.8 Å². The molecule has 1 aliphatic heterocycles. The fraction of sp³-hybridized carbons (Fsp3) is 0.211. The van der Waals surface area contributed by atoms with Crippen LogP contribution < -0.4 is 5.06 Å². The van der Waals surface area contributed by atoms with Crippen LogP contribution in [0, 0.1) is 0 Å². The molecule has 1 unspecified atom stereocenters. The molecule has 1 atom stereocenters. The van der Waals surface area contributed by atoms with Crippen LogP contribution in [0.4, 0.5) is 5.69 Å². The molecule has 0 bridgehead atoms. The lowest BCUT2D eigenvalue weighted by molar-refractivity contribution is 0.0933. The second-order valence-electron chi connectivity index (χ2n) is 5.70. The van der Waals surface area contributed by atoms with Crippen LogP contribution in [0.15, 0.2) is 72.2 Å². The van der Waals surface area contributed by atoms with Gasteiger partial charge in [-0.25, -0.2) is 0 Å². The zero-order chi connectivity index (χ0) is 18.6. The number of hydrogen-bond acceptors (Lipinski definition) is 6. The number of anilines is 1. The smallest absolute Gasteiger partial charge is 0.357 e. The zero-order valence-corrected chi connectivity index (χ0v) is 15.5. The predicted molar refractivity (Wildman–Crippen MR) is 98.9 cm³/mol. The summed E-state index contributed by atoms with van der Waals surface area (Å²) in [5.74, 6) is 1.61. The molecule has 6 nitrogen and oxygen atoms in total. The van der Waals surface area contributed by atoms with E-state index in [0.29, 0.717) is 11.3 Å². The van der Waals surface area contributed by atoms with Crippen LogP contribution in [-0.2, 0) is 18.5 Å². The first-order chi connectivity index (χ1) is 12.6. The highest BCUT2D eigenvalue weighted by Crippen LogP contribution is 2.50. The van der Waals surface area contributed by atoms with Crippen LogP contribution in [-0.4, -0.2) is 26.0 Å². The van der Waals surface area contributed by atoms with Crippen molar-refractivity contribution in [3.8, 4) is 0 Å². The van der Waals surface area contributed by atoms with Crippen molar-refractivity contribution in [1.82, 2.24) is 0 Å². The summed E-state index contributed by atoms with van der Waals surface area (Å²) in [5, 5.41) is 1.54. The summed E-state index contributed by atoms with van der Waals surface area (Å²) in [5.41, 5.74) is 1.32. The molecule has 1 heterocycles. The summed E-state index contributed by atoms with van der Waals surface area (Å²) in [7, 11) is -0.795. The molecule has 0 amide bonds. The molecular formula is C19H20NO5P. The summed E-state index contributed by atoms with van der Waals surface area (Å²) in [6.45, 7) is 0. The van der Waals surface area contributed by atoms with E-state index >= 15 is 0 Å². The average Bonchev–Trinajstić information content (AvgIpc) is 3.12. The van der Waals surface area contributed by atoms with Crippen LogP contribution in [0.1, 0.15) is 16.8 Å². The Morgan fingerprint density at radius 1 is 1.08 bits per heavy atom. The van der Waals surface area contributed by atoms with Crippen LogP contribution in [0.2, 0.25) is 0 Å². The molecule has 0 N–H and O–H groups in total. The van der Waals surface area contributed by atoms with Crippen molar-refractivity contribution in [2.24, 2.45) is 0 Å². The molecule has 3 rings (SSSR count). The number of carbonyl (C=O) groups is 1. The molecular weight excluding hydrogens is 353 g/mol. The fourth-order valence-electron chi connectivity index (χ4n) is 2.73. The van der Waals surface area contributed by atoms with Crippen molar-refractivity contribution in [2.45, 2.75) is 12.5 Å². The number of hydroxylamine groups is 1. The monoisotopic (exact) mass is 373 g/mol. The molecule has 1 aliphatic rings. The van der Waals surface area contributed by atoms with Crippen molar-refractivity contribution in [1.29, 1.82) is 0 Å². The lowest BCUT2D eigenvalue weighted by atomic mass is 10.0. The molecule has 0 radical (unpaired) electrons. The number of nitrogens with zero attached hydrogens (tertiary/aromatic N) is 1. The van der Waals surface area contributed by atoms with Gasteiger partial charge in [0, 0.05) is 26.2 Å². The van der Waals surface area contributed by atoms with Gasteiger partial charge >= 0.3 is 7.60 Å². The highest BCUT2D eigenvalue weighted by Gasteiger charge is 2.38. The summed E-state index contributed by atoms with van der Waals surface area (Å²) < 4.78 is 22.3. The van der Waals surface area contributed by atoms with E-state index in [1.165, 1.54) is 25.1 Å². The Bertz CT molecular complexity index is 830. The maximum absolute atomic E-state index is 13.0. The van der Waals surface area contributed by atoms with E-state index in [4.69, 9.17) is 13.9 Å². The molecule has 0 aliphatic carbocycles. The van der Waals surface area contributed by atoms with E-state index in [0.717, 1.165) is 5.69 Å². The fourth-order valence-corrected chi connectivity index (χ4v) is 3.60. The molecule has 2 aromatic rings. The minimum Gasteiger partial charge on any atom is -0.383 e. The Hall–Kier alpha value is -2.40. The Balaban J connectivity index is 1.96. The van der Waals surface area contributed by atoms with Gasteiger partial charge in [-0.3, -0.25) is 9.36 Å². The Morgan fingerprint density at radius 2 is 1.65 bits per heavy atom. The van der Waals surface area contributed by atoms with Crippen molar-refractivity contribution in [2.75, 3.05) is 19.3 Å². The maximum atomic E-state index is 13.0. The van der Waals surface area contributed by atoms with E-state index in [-0.39, 0.29) is 12.2 Å². The van der Waals surface area contributed by atoms with E-state index in [2.05, 4.69) is 0 Å². The number of carbonyl (C=O) groups excluding carboxylic acids is 1. The number of Topliss-reactive ketones (excluding diaryl/α,β-unsaturated/α-hetero) is 1. The maximum Gasteiger partial charge on any atom is 0.357 e. The molecule has 136 valence electrons. The first-order valence-electron chi connectivity index (χ1n) is 8.11. The number of ketones is 1. The highest BCUT2D eigenvalue weighted by molar-refractivity contribution is 7.57. The average molecular weight is 373 g/mol. The van der Waals surface area contributed by atoms with Gasteiger partial charge in [0.25, 0.3) is 0 Å². The van der Waals surface area contributed by atoms with E-state index < -0.39 is 13.6 Å². The summed E-state index contributed by atoms with van der Waals surface area (Å²) in [6, 6.07) is 17.7. The third kappa shape index (κ3) is 3.88. The van der Waals surface area contributed by atoms with Crippen molar-refractivity contribution >= 4 is 19.1 Å². The van der Waals surface area contributed by atoms with Crippen molar-refractivity contribution < 1.29 is 23.2 Å².